The van der Waals surface area contributed by atoms with Crippen molar-refractivity contribution in [1.82, 2.24) is 14.8 Å². The van der Waals surface area contributed by atoms with Crippen molar-refractivity contribution in [1.29, 1.82) is 0 Å². The van der Waals surface area contributed by atoms with Crippen LogP contribution in [0.2, 0.25) is 0 Å². The summed E-state index contributed by atoms with van der Waals surface area (Å²) in [6.45, 7) is 5.22. The minimum absolute atomic E-state index is 0.244. The van der Waals surface area contributed by atoms with Crippen LogP contribution >= 0.6 is 0 Å². The Morgan fingerprint density at radius 3 is 2.52 bits per heavy atom. The van der Waals surface area contributed by atoms with E-state index in [9.17, 15) is 9.59 Å². The number of nitrogens with zero attached hydrogens (tertiary/aromatic N) is 3. The number of primary amides is 1. The molecule has 0 saturated heterocycles. The van der Waals surface area contributed by atoms with Gasteiger partial charge < -0.3 is 10.5 Å². The minimum Gasteiger partial charge on any atom is -0.449 e. The maximum Gasteiger partial charge on any atom is 0.340 e. The number of hydrogen-bond acceptors (Lipinski definition) is 5. The Hall–Kier alpha value is -2.70. The first kappa shape index (κ1) is 14.7. The van der Waals surface area contributed by atoms with E-state index in [0.717, 1.165) is 11.4 Å². The fraction of sp³-hybridized carbons (Fsp3) is 0.286. The maximum absolute atomic E-state index is 11.8. The standard InChI is InChI=1S/C14H16N4O3/c1-8-6-9(2)18(17-8)12-5-4-11(7-16-12)14(20)21-10(3)13(15)19/h4-7,10H,1-3H3,(H2,15,19). The van der Waals surface area contributed by atoms with Crippen molar-refractivity contribution < 1.29 is 14.3 Å². The third-order valence-corrected chi connectivity index (χ3v) is 2.89. The number of aryl methyl sites for hydroxylation is 2. The maximum atomic E-state index is 11.8. The lowest BCUT2D eigenvalue weighted by atomic mass is 10.3. The van der Waals surface area contributed by atoms with E-state index in [2.05, 4.69) is 10.1 Å². The summed E-state index contributed by atoms with van der Waals surface area (Å²) >= 11 is 0. The Bertz CT molecular complexity index is 676. The van der Waals surface area contributed by atoms with Gasteiger partial charge in [0.1, 0.15) is 0 Å². The summed E-state index contributed by atoms with van der Waals surface area (Å²) < 4.78 is 6.57. The van der Waals surface area contributed by atoms with Gasteiger partial charge in [-0.1, -0.05) is 0 Å². The minimum atomic E-state index is -0.979. The molecule has 2 rings (SSSR count). The van der Waals surface area contributed by atoms with Crippen LogP contribution in [-0.2, 0) is 9.53 Å². The molecule has 2 heterocycles. The molecule has 21 heavy (non-hydrogen) atoms. The van der Waals surface area contributed by atoms with Crippen LogP contribution in [0.25, 0.3) is 5.82 Å². The van der Waals surface area contributed by atoms with Crippen LogP contribution in [-0.4, -0.2) is 32.7 Å². The molecule has 1 amide bonds. The molecule has 0 aromatic carbocycles. The van der Waals surface area contributed by atoms with E-state index in [1.165, 1.54) is 13.1 Å². The van der Waals surface area contributed by atoms with Gasteiger partial charge in [-0.25, -0.2) is 14.5 Å². The van der Waals surface area contributed by atoms with Gasteiger partial charge in [-0.05, 0) is 39.0 Å². The largest absolute Gasteiger partial charge is 0.449 e. The van der Waals surface area contributed by atoms with Gasteiger partial charge >= 0.3 is 5.97 Å². The highest BCUT2D eigenvalue weighted by Crippen LogP contribution is 2.11. The fourth-order valence-corrected chi connectivity index (χ4v) is 1.78. The third-order valence-electron chi connectivity index (χ3n) is 2.89. The molecule has 0 bridgehead atoms. The number of aromatic nitrogens is 3. The van der Waals surface area contributed by atoms with Crippen molar-refractivity contribution in [2.75, 3.05) is 0 Å². The van der Waals surface area contributed by atoms with E-state index < -0.39 is 18.0 Å². The van der Waals surface area contributed by atoms with Crippen LogP contribution in [0.4, 0.5) is 0 Å². The second-order valence-corrected chi connectivity index (χ2v) is 4.69. The molecule has 7 heteroatoms. The van der Waals surface area contributed by atoms with Crippen molar-refractivity contribution in [3.63, 3.8) is 0 Å². The predicted molar refractivity (Wildman–Crippen MR) is 74.9 cm³/mol. The van der Waals surface area contributed by atoms with Crippen LogP contribution in [0.5, 0.6) is 0 Å². The van der Waals surface area contributed by atoms with Crippen LogP contribution in [0.1, 0.15) is 28.7 Å². The molecule has 2 aromatic rings. The highest BCUT2D eigenvalue weighted by Gasteiger charge is 2.16. The number of carbonyl (C=O) groups is 2. The number of ether oxygens (including phenoxy) is 1. The summed E-state index contributed by atoms with van der Waals surface area (Å²) in [5.41, 5.74) is 7.11. The molecule has 0 aliphatic rings. The number of carbonyl (C=O) groups excluding carboxylic acids is 2. The molecule has 0 aliphatic carbocycles. The molecule has 0 fully saturated rings. The molecule has 0 radical (unpaired) electrons. The van der Waals surface area contributed by atoms with E-state index >= 15 is 0 Å². The van der Waals surface area contributed by atoms with Crippen LogP contribution in [0, 0.1) is 13.8 Å². The quantitative estimate of drug-likeness (QED) is 0.843. The van der Waals surface area contributed by atoms with E-state index in [0.29, 0.717) is 5.82 Å². The van der Waals surface area contributed by atoms with Crippen LogP contribution in [0.15, 0.2) is 24.4 Å². The van der Waals surface area contributed by atoms with Crippen molar-refractivity contribution >= 4 is 11.9 Å². The van der Waals surface area contributed by atoms with Gasteiger partial charge in [0.25, 0.3) is 5.91 Å². The van der Waals surface area contributed by atoms with E-state index in [4.69, 9.17) is 10.5 Å². The predicted octanol–water partition coefficient (Wildman–Crippen LogP) is 0.915. The Labute approximate surface area is 121 Å². The first-order valence-corrected chi connectivity index (χ1v) is 6.38. The summed E-state index contributed by atoms with van der Waals surface area (Å²) in [5, 5.41) is 4.30. The summed E-state index contributed by atoms with van der Waals surface area (Å²) in [7, 11) is 0. The molecule has 2 aromatic heterocycles. The van der Waals surface area contributed by atoms with E-state index in [-0.39, 0.29) is 5.56 Å². The highest BCUT2D eigenvalue weighted by molar-refractivity contribution is 5.91. The smallest absolute Gasteiger partial charge is 0.340 e. The van der Waals surface area contributed by atoms with Gasteiger partial charge in [-0.2, -0.15) is 5.10 Å². The van der Waals surface area contributed by atoms with Crippen molar-refractivity contribution in [2.45, 2.75) is 26.9 Å². The summed E-state index contributed by atoms with van der Waals surface area (Å²) in [6.07, 6.45) is 0.398. The molecule has 0 aliphatic heterocycles. The van der Waals surface area contributed by atoms with Gasteiger partial charge in [0.2, 0.25) is 0 Å². The zero-order valence-corrected chi connectivity index (χ0v) is 12.0. The first-order chi connectivity index (χ1) is 9.88. The van der Waals surface area contributed by atoms with E-state index in [1.807, 2.05) is 19.9 Å². The molecule has 2 N–H and O–H groups in total. The number of amides is 1. The van der Waals surface area contributed by atoms with Gasteiger partial charge in [-0.3, -0.25) is 4.79 Å². The van der Waals surface area contributed by atoms with E-state index in [1.54, 1.807) is 16.8 Å². The number of hydrogen-bond donors (Lipinski definition) is 1. The first-order valence-electron chi connectivity index (χ1n) is 6.38. The van der Waals surface area contributed by atoms with Gasteiger partial charge in [0, 0.05) is 11.9 Å². The van der Waals surface area contributed by atoms with Crippen LogP contribution in [0.3, 0.4) is 0 Å². The Morgan fingerprint density at radius 1 is 1.33 bits per heavy atom. The monoisotopic (exact) mass is 288 g/mol. The highest BCUT2D eigenvalue weighted by atomic mass is 16.5. The lowest BCUT2D eigenvalue weighted by Gasteiger charge is -2.09. The number of pyridine rings is 1. The van der Waals surface area contributed by atoms with Crippen molar-refractivity contribution in [3.05, 3.63) is 41.3 Å². The topological polar surface area (TPSA) is 100 Å². The zero-order valence-electron chi connectivity index (χ0n) is 12.0. The third kappa shape index (κ3) is 3.25. The second kappa shape index (κ2) is 5.74. The normalized spacial score (nSPS) is 12.0. The molecule has 0 saturated carbocycles. The average Bonchev–Trinajstić information content (AvgIpc) is 2.77. The molecular weight excluding hydrogens is 272 g/mol. The average molecular weight is 288 g/mol. The van der Waals surface area contributed by atoms with Crippen LogP contribution < -0.4 is 5.73 Å². The lowest BCUT2D eigenvalue weighted by Crippen LogP contribution is -2.30. The Morgan fingerprint density at radius 2 is 2.05 bits per heavy atom. The van der Waals surface area contributed by atoms with Gasteiger partial charge in [-0.15, -0.1) is 0 Å². The molecule has 7 nitrogen and oxygen atoms in total. The molecule has 110 valence electrons. The van der Waals surface area contributed by atoms with Gasteiger partial charge in [0.05, 0.1) is 11.3 Å². The number of rotatable bonds is 4. The SMILES string of the molecule is Cc1cc(C)n(-c2ccc(C(=O)OC(C)C(N)=O)cn2)n1. The lowest BCUT2D eigenvalue weighted by molar-refractivity contribution is -0.125. The Balaban J connectivity index is 2.17. The second-order valence-electron chi connectivity index (χ2n) is 4.69. The van der Waals surface area contributed by atoms with Crippen molar-refractivity contribution in [3.8, 4) is 5.82 Å². The molecule has 1 atom stereocenters. The summed E-state index contributed by atoms with van der Waals surface area (Å²) in [4.78, 5) is 26.8. The zero-order chi connectivity index (χ0) is 15.6. The molecule has 0 spiro atoms. The number of nitrogens with two attached hydrogens (primary N) is 1. The van der Waals surface area contributed by atoms with Crippen molar-refractivity contribution in [2.24, 2.45) is 5.73 Å². The molecular formula is C14H16N4O3. The summed E-state index contributed by atoms with van der Waals surface area (Å²) in [5.74, 6) is -0.746. The number of esters is 1. The van der Waals surface area contributed by atoms with Gasteiger partial charge in [0.15, 0.2) is 11.9 Å². The summed E-state index contributed by atoms with van der Waals surface area (Å²) in [6, 6.07) is 5.15. The Kier molecular flexibility index (Phi) is 4.02. The fourth-order valence-electron chi connectivity index (χ4n) is 1.78. The molecule has 1 unspecified atom stereocenters.